The third kappa shape index (κ3) is 6.34. The van der Waals surface area contributed by atoms with Crippen LogP contribution in [0.1, 0.15) is 80.0 Å². The fraction of sp³-hybridized carbons (Fsp3) is 0.600. The van der Waals surface area contributed by atoms with Crippen molar-refractivity contribution in [2.75, 3.05) is 19.7 Å². The van der Waals surface area contributed by atoms with Crippen molar-refractivity contribution in [3.8, 4) is 0 Å². The number of amides is 1. The fourth-order valence-electron chi connectivity index (χ4n) is 2.42. The van der Waals surface area contributed by atoms with E-state index in [0.29, 0.717) is 17.7 Å². The lowest BCUT2D eigenvalue weighted by atomic mass is 10.1. The Morgan fingerprint density at radius 3 is 1.96 bits per heavy atom. The maximum Gasteiger partial charge on any atom is 0.338 e. The van der Waals surface area contributed by atoms with Gasteiger partial charge in [-0.3, -0.25) is 4.79 Å². The second-order valence-corrected chi connectivity index (χ2v) is 6.03. The van der Waals surface area contributed by atoms with E-state index in [9.17, 15) is 9.59 Å². The van der Waals surface area contributed by atoms with E-state index < -0.39 is 5.97 Å². The average Bonchev–Trinajstić information content (AvgIpc) is 2.61. The zero-order chi connectivity index (χ0) is 17.8. The molecule has 0 unspecified atom stereocenters. The van der Waals surface area contributed by atoms with Crippen molar-refractivity contribution in [3.05, 3.63) is 35.4 Å². The highest BCUT2D eigenvalue weighted by molar-refractivity contribution is 6.05. The maximum atomic E-state index is 12.9. The summed E-state index contributed by atoms with van der Waals surface area (Å²) in [6.07, 6.45) is 5.82. The lowest BCUT2D eigenvalue weighted by Crippen LogP contribution is -2.34. The van der Waals surface area contributed by atoms with Crippen LogP contribution >= 0.6 is 0 Å². The molecule has 1 aromatic rings. The fourth-order valence-corrected chi connectivity index (χ4v) is 2.42. The normalized spacial score (nSPS) is 10.5. The van der Waals surface area contributed by atoms with E-state index in [-0.39, 0.29) is 5.91 Å². The van der Waals surface area contributed by atoms with Crippen LogP contribution in [0.2, 0.25) is 0 Å². The minimum Gasteiger partial charge on any atom is -0.462 e. The first-order chi connectivity index (χ1) is 11.7. The van der Waals surface area contributed by atoms with Gasteiger partial charge in [0.15, 0.2) is 0 Å². The summed E-state index contributed by atoms with van der Waals surface area (Å²) in [6, 6.07) is 6.98. The first-order valence-corrected chi connectivity index (χ1v) is 9.21. The summed E-state index contributed by atoms with van der Waals surface area (Å²) in [5.74, 6) is -0.474. The Hall–Kier alpha value is -1.84. The Morgan fingerprint density at radius 2 is 1.42 bits per heavy atom. The monoisotopic (exact) mass is 333 g/mol. The second-order valence-electron chi connectivity index (χ2n) is 6.03. The highest BCUT2D eigenvalue weighted by atomic mass is 16.5. The van der Waals surface area contributed by atoms with Crippen LogP contribution in [0.4, 0.5) is 0 Å². The number of carbonyl (C=O) groups excluding carboxylic acids is 2. The van der Waals surface area contributed by atoms with Crippen molar-refractivity contribution in [1.82, 2.24) is 4.90 Å². The molecule has 0 saturated heterocycles. The van der Waals surface area contributed by atoms with Crippen molar-refractivity contribution < 1.29 is 14.3 Å². The van der Waals surface area contributed by atoms with Gasteiger partial charge in [-0.1, -0.05) is 52.2 Å². The number of nitrogens with zero attached hydrogens (tertiary/aromatic N) is 1. The number of ether oxygens (including phenoxy) is 1. The number of hydrogen-bond donors (Lipinski definition) is 0. The lowest BCUT2D eigenvalue weighted by molar-refractivity contribution is 0.0492. The molecule has 0 spiro atoms. The van der Waals surface area contributed by atoms with Gasteiger partial charge in [0.1, 0.15) is 0 Å². The molecule has 0 aliphatic heterocycles. The molecular weight excluding hydrogens is 302 g/mol. The zero-order valence-corrected chi connectivity index (χ0v) is 15.3. The van der Waals surface area contributed by atoms with Crippen LogP contribution in [0, 0.1) is 0 Å². The van der Waals surface area contributed by atoms with Gasteiger partial charge in [0.2, 0.25) is 0 Å². The zero-order valence-electron chi connectivity index (χ0n) is 15.3. The topological polar surface area (TPSA) is 46.6 Å². The molecular formula is C20H31NO3. The van der Waals surface area contributed by atoms with Crippen molar-refractivity contribution in [1.29, 1.82) is 0 Å². The van der Waals surface area contributed by atoms with Crippen molar-refractivity contribution in [2.24, 2.45) is 0 Å². The van der Waals surface area contributed by atoms with E-state index in [0.717, 1.165) is 51.6 Å². The number of esters is 1. The standard InChI is InChI=1S/C20H31NO3/c1-4-7-14-21(15-8-5-2)19(22)17-12-10-11-13-18(17)20(23)24-16-9-6-3/h10-13H,4-9,14-16H2,1-3H3. The Bertz CT molecular complexity index is 505. The highest BCUT2D eigenvalue weighted by Crippen LogP contribution is 2.15. The van der Waals surface area contributed by atoms with Gasteiger partial charge in [0.05, 0.1) is 17.7 Å². The van der Waals surface area contributed by atoms with Gasteiger partial charge < -0.3 is 9.64 Å². The van der Waals surface area contributed by atoms with E-state index in [1.54, 1.807) is 24.3 Å². The summed E-state index contributed by atoms with van der Waals surface area (Å²) in [5.41, 5.74) is 0.822. The molecule has 0 saturated carbocycles. The predicted octanol–water partition coefficient (Wildman–Crippen LogP) is 4.69. The van der Waals surface area contributed by atoms with E-state index in [2.05, 4.69) is 13.8 Å². The SMILES string of the molecule is CCCCOC(=O)c1ccccc1C(=O)N(CCCC)CCCC. The molecule has 0 N–H and O–H groups in total. The van der Waals surface area contributed by atoms with Crippen LogP contribution < -0.4 is 0 Å². The molecule has 0 heterocycles. The van der Waals surface area contributed by atoms with Crippen LogP contribution in [0.15, 0.2) is 24.3 Å². The van der Waals surface area contributed by atoms with Crippen LogP contribution in [0.3, 0.4) is 0 Å². The molecule has 1 aromatic carbocycles. The van der Waals surface area contributed by atoms with Gasteiger partial charge in [0.25, 0.3) is 5.91 Å². The highest BCUT2D eigenvalue weighted by Gasteiger charge is 2.22. The van der Waals surface area contributed by atoms with Crippen LogP contribution in [0.5, 0.6) is 0 Å². The van der Waals surface area contributed by atoms with Crippen LogP contribution in [-0.4, -0.2) is 36.5 Å². The number of rotatable bonds is 11. The summed E-state index contributed by atoms with van der Waals surface area (Å²) in [4.78, 5) is 27.1. The van der Waals surface area contributed by atoms with E-state index in [1.165, 1.54) is 0 Å². The third-order valence-electron chi connectivity index (χ3n) is 3.96. The number of unbranched alkanes of at least 4 members (excludes halogenated alkanes) is 3. The van der Waals surface area contributed by atoms with Gasteiger partial charge >= 0.3 is 5.97 Å². The first-order valence-electron chi connectivity index (χ1n) is 9.21. The largest absolute Gasteiger partial charge is 0.462 e. The molecule has 0 aromatic heterocycles. The van der Waals surface area contributed by atoms with Crippen molar-refractivity contribution >= 4 is 11.9 Å². The average molecular weight is 333 g/mol. The summed E-state index contributed by atoms with van der Waals surface area (Å²) in [7, 11) is 0. The lowest BCUT2D eigenvalue weighted by Gasteiger charge is -2.23. The molecule has 24 heavy (non-hydrogen) atoms. The van der Waals surface area contributed by atoms with E-state index in [1.807, 2.05) is 11.8 Å². The van der Waals surface area contributed by atoms with Gasteiger partial charge in [-0.25, -0.2) is 4.79 Å². The van der Waals surface area contributed by atoms with Gasteiger partial charge in [0, 0.05) is 13.1 Å². The maximum absolute atomic E-state index is 12.9. The summed E-state index contributed by atoms with van der Waals surface area (Å²) < 4.78 is 5.29. The Kier molecular flexibility index (Phi) is 9.81. The van der Waals surface area contributed by atoms with Crippen molar-refractivity contribution in [3.63, 3.8) is 0 Å². The van der Waals surface area contributed by atoms with Gasteiger partial charge in [-0.15, -0.1) is 0 Å². The molecule has 0 fully saturated rings. The van der Waals surface area contributed by atoms with Crippen LogP contribution in [0.25, 0.3) is 0 Å². The quantitative estimate of drug-likeness (QED) is 0.436. The minimum atomic E-state index is -0.404. The molecule has 0 aliphatic carbocycles. The summed E-state index contributed by atoms with van der Waals surface area (Å²) in [5, 5.41) is 0. The Morgan fingerprint density at radius 1 is 0.875 bits per heavy atom. The van der Waals surface area contributed by atoms with E-state index >= 15 is 0 Å². The third-order valence-corrected chi connectivity index (χ3v) is 3.96. The van der Waals surface area contributed by atoms with Crippen LogP contribution in [-0.2, 0) is 4.74 Å². The number of carbonyl (C=O) groups is 2. The smallest absolute Gasteiger partial charge is 0.338 e. The molecule has 0 atom stereocenters. The molecule has 0 aliphatic rings. The molecule has 4 nitrogen and oxygen atoms in total. The first kappa shape index (κ1) is 20.2. The Balaban J connectivity index is 2.92. The molecule has 0 radical (unpaired) electrons. The molecule has 1 amide bonds. The molecule has 4 heteroatoms. The molecule has 0 bridgehead atoms. The van der Waals surface area contributed by atoms with Gasteiger partial charge in [-0.2, -0.15) is 0 Å². The minimum absolute atomic E-state index is 0.0695. The summed E-state index contributed by atoms with van der Waals surface area (Å²) >= 11 is 0. The Labute approximate surface area is 146 Å². The number of benzene rings is 1. The molecule has 134 valence electrons. The number of hydrogen-bond acceptors (Lipinski definition) is 3. The van der Waals surface area contributed by atoms with Gasteiger partial charge in [-0.05, 0) is 31.4 Å². The molecule has 1 rings (SSSR count). The second kappa shape index (κ2) is 11.7. The van der Waals surface area contributed by atoms with Crippen molar-refractivity contribution in [2.45, 2.75) is 59.3 Å². The summed E-state index contributed by atoms with van der Waals surface area (Å²) in [6.45, 7) is 8.13. The van der Waals surface area contributed by atoms with E-state index in [4.69, 9.17) is 4.74 Å². The predicted molar refractivity (Wildman–Crippen MR) is 97.4 cm³/mol.